The molecule has 43 heavy (non-hydrogen) atoms. The number of hydrogen-bond donors (Lipinski definition) is 4. The minimum absolute atomic E-state index is 0. The predicted molar refractivity (Wildman–Crippen MR) is 170 cm³/mol. The van der Waals surface area contributed by atoms with Crippen LogP contribution in [0.2, 0.25) is 5.02 Å². The number of aromatic nitrogens is 2. The highest BCUT2D eigenvalue weighted by Crippen LogP contribution is 2.26. The predicted octanol–water partition coefficient (Wildman–Crippen LogP) is 3.78. The van der Waals surface area contributed by atoms with Crippen LogP contribution in [0.15, 0.2) is 67.0 Å². The Bertz CT molecular complexity index is 1720. The van der Waals surface area contributed by atoms with Crippen molar-refractivity contribution in [3.05, 3.63) is 94.3 Å². The average Bonchev–Trinajstić information content (AvgIpc) is 3.02. The van der Waals surface area contributed by atoms with Gasteiger partial charge in [0.2, 0.25) is 0 Å². The number of pyridine rings is 2. The van der Waals surface area contributed by atoms with Crippen LogP contribution >= 0.6 is 36.4 Å². The molecule has 0 spiro atoms. The number of benzene rings is 2. The van der Waals surface area contributed by atoms with Crippen LogP contribution in [0.4, 0.5) is 0 Å². The molecule has 0 bridgehead atoms. The molecule has 10 nitrogen and oxygen atoms in total. The number of nitrogens with one attached hydrogen (secondary N) is 2. The number of amides is 3. The Balaban J connectivity index is 0.00000253. The number of hydrazine groups is 2. The molecular weight excluding hydrogens is 613 g/mol. The number of nitrogens with zero attached hydrogens (tertiary/aromatic N) is 3. The van der Waals surface area contributed by atoms with Gasteiger partial charge in [0.1, 0.15) is 6.04 Å². The normalized spacial score (nSPS) is 13.9. The molecule has 1 aliphatic rings. The lowest BCUT2D eigenvalue weighted by Gasteiger charge is -2.34. The molecule has 3 heterocycles. The second kappa shape index (κ2) is 14.8. The Morgan fingerprint density at radius 1 is 0.953 bits per heavy atom. The third kappa shape index (κ3) is 7.22. The quantitative estimate of drug-likeness (QED) is 0.114. The van der Waals surface area contributed by atoms with Crippen molar-refractivity contribution in [1.29, 1.82) is 0 Å². The van der Waals surface area contributed by atoms with Crippen molar-refractivity contribution in [2.24, 2.45) is 11.7 Å². The Morgan fingerprint density at radius 3 is 2.42 bits per heavy atom. The SMILES string of the molecule is Cl.Cl.NNC(=O)c1cc(-c2ccc(C#Cc3ccc(C(=O)N4CCCC[C@H]4C(=O)NN)cc3Cl)cc2)nc2ccncc12. The highest BCUT2D eigenvalue weighted by Gasteiger charge is 2.32. The van der Waals surface area contributed by atoms with Crippen molar-refractivity contribution in [2.45, 2.75) is 25.3 Å². The van der Waals surface area contributed by atoms with Gasteiger partial charge in [0.15, 0.2) is 0 Å². The third-order valence-corrected chi connectivity index (χ3v) is 7.25. The number of carbonyl (C=O) groups is 3. The van der Waals surface area contributed by atoms with E-state index in [4.69, 9.17) is 23.3 Å². The fourth-order valence-corrected chi connectivity index (χ4v) is 5.03. The third-order valence-electron chi connectivity index (χ3n) is 6.93. The second-order valence-electron chi connectivity index (χ2n) is 9.46. The molecule has 13 heteroatoms. The van der Waals surface area contributed by atoms with E-state index in [1.165, 1.54) is 4.90 Å². The number of nitrogens with two attached hydrogens (primary N) is 2. The first-order chi connectivity index (χ1) is 19.9. The smallest absolute Gasteiger partial charge is 0.265 e. The van der Waals surface area contributed by atoms with E-state index in [0.717, 1.165) is 24.0 Å². The molecule has 0 radical (unpaired) electrons. The topological polar surface area (TPSA) is 156 Å². The van der Waals surface area contributed by atoms with Crippen LogP contribution in [-0.4, -0.2) is 45.2 Å². The molecule has 2 aromatic carbocycles. The zero-order chi connectivity index (χ0) is 28.9. The number of likely N-dealkylation sites (tertiary alicyclic amines) is 1. The molecule has 4 aromatic rings. The summed E-state index contributed by atoms with van der Waals surface area (Å²) in [5.41, 5.74) is 8.38. The summed E-state index contributed by atoms with van der Waals surface area (Å²) >= 11 is 6.48. The number of carbonyl (C=O) groups excluding carboxylic acids is 3. The Labute approximate surface area is 265 Å². The van der Waals surface area contributed by atoms with Crippen LogP contribution in [0.1, 0.15) is 51.1 Å². The monoisotopic (exact) mass is 639 g/mol. The summed E-state index contributed by atoms with van der Waals surface area (Å²) in [6.45, 7) is 0.472. The molecule has 2 aromatic heterocycles. The van der Waals surface area contributed by atoms with Gasteiger partial charge >= 0.3 is 0 Å². The van der Waals surface area contributed by atoms with Crippen molar-refractivity contribution >= 4 is 65.0 Å². The van der Waals surface area contributed by atoms with E-state index in [9.17, 15) is 14.4 Å². The molecule has 0 aliphatic carbocycles. The van der Waals surface area contributed by atoms with Gasteiger partial charge in [-0.3, -0.25) is 30.2 Å². The van der Waals surface area contributed by atoms with Crippen LogP contribution in [0.5, 0.6) is 0 Å². The van der Waals surface area contributed by atoms with E-state index in [2.05, 4.69) is 32.7 Å². The van der Waals surface area contributed by atoms with E-state index in [0.29, 0.717) is 51.3 Å². The van der Waals surface area contributed by atoms with Gasteiger partial charge < -0.3 is 4.90 Å². The van der Waals surface area contributed by atoms with Crippen molar-refractivity contribution in [2.75, 3.05) is 6.54 Å². The fourth-order valence-electron chi connectivity index (χ4n) is 4.80. The number of piperidine rings is 1. The Hall–Kier alpha value is -4.24. The zero-order valence-corrected chi connectivity index (χ0v) is 25.1. The summed E-state index contributed by atoms with van der Waals surface area (Å²) < 4.78 is 0. The van der Waals surface area contributed by atoms with Crippen LogP contribution in [-0.2, 0) is 4.79 Å². The maximum atomic E-state index is 13.1. The summed E-state index contributed by atoms with van der Waals surface area (Å²) in [5, 5.41) is 0.931. The van der Waals surface area contributed by atoms with Crippen LogP contribution in [0.3, 0.4) is 0 Å². The summed E-state index contributed by atoms with van der Waals surface area (Å²) in [7, 11) is 0. The van der Waals surface area contributed by atoms with Crippen molar-refractivity contribution in [3.63, 3.8) is 0 Å². The van der Waals surface area contributed by atoms with Crippen molar-refractivity contribution < 1.29 is 14.4 Å². The molecule has 3 amide bonds. The highest BCUT2D eigenvalue weighted by molar-refractivity contribution is 6.32. The molecule has 222 valence electrons. The first kappa shape index (κ1) is 33.3. The molecule has 5 rings (SSSR count). The number of rotatable bonds is 4. The molecule has 0 saturated carbocycles. The highest BCUT2D eigenvalue weighted by atomic mass is 35.5. The minimum atomic E-state index is -0.603. The van der Waals surface area contributed by atoms with Gasteiger partial charge in [0.25, 0.3) is 17.7 Å². The molecule has 1 fully saturated rings. The van der Waals surface area contributed by atoms with Crippen LogP contribution < -0.4 is 22.5 Å². The van der Waals surface area contributed by atoms with Gasteiger partial charge in [0, 0.05) is 46.6 Å². The van der Waals surface area contributed by atoms with Gasteiger partial charge in [-0.1, -0.05) is 35.6 Å². The maximum absolute atomic E-state index is 13.1. The van der Waals surface area contributed by atoms with Gasteiger partial charge in [0.05, 0.1) is 21.8 Å². The number of halogens is 3. The van der Waals surface area contributed by atoms with E-state index < -0.39 is 11.9 Å². The molecule has 1 aliphatic heterocycles. The first-order valence-corrected chi connectivity index (χ1v) is 13.3. The second-order valence-corrected chi connectivity index (χ2v) is 9.87. The molecule has 6 N–H and O–H groups in total. The number of nitrogen functional groups attached to an aromatic ring is 1. The van der Waals surface area contributed by atoms with E-state index in [1.54, 1.807) is 42.7 Å². The summed E-state index contributed by atoms with van der Waals surface area (Å²) in [6.07, 6.45) is 5.41. The molecular formula is C30H28Cl3N7O3. The molecule has 0 unspecified atom stereocenters. The summed E-state index contributed by atoms with van der Waals surface area (Å²) in [4.78, 5) is 47.9. The lowest BCUT2D eigenvalue weighted by molar-refractivity contribution is -0.126. The van der Waals surface area contributed by atoms with E-state index in [-0.39, 0.29) is 36.6 Å². The molecule has 1 atom stereocenters. The van der Waals surface area contributed by atoms with Gasteiger partial charge in [-0.15, -0.1) is 24.8 Å². The summed E-state index contributed by atoms with van der Waals surface area (Å²) in [5.74, 6) is 15.7. The van der Waals surface area contributed by atoms with Crippen molar-refractivity contribution in [1.82, 2.24) is 25.7 Å². The average molecular weight is 641 g/mol. The molecule has 1 saturated heterocycles. The summed E-state index contributed by atoms with van der Waals surface area (Å²) in [6, 6.07) is 15.1. The Morgan fingerprint density at radius 2 is 1.72 bits per heavy atom. The Kier molecular flexibility index (Phi) is 11.4. The lowest BCUT2D eigenvalue weighted by atomic mass is 10.00. The largest absolute Gasteiger partial charge is 0.327 e. The van der Waals surface area contributed by atoms with Gasteiger partial charge in [-0.05, 0) is 61.7 Å². The standard InChI is InChI=1S/C30H26ClN7O3.2ClH/c31-24-15-21(30(41)38-14-2-1-3-27(38)29(40)37-33)11-10-19(24)7-4-18-5-8-20(9-6-18)26-16-22(28(39)36-32)23-17-34-13-12-25(23)35-26;;/h5-6,8-13,15-17,27H,1-3,14,32-33H2,(H,36,39)(H,37,40);2*1H/t27-;;/m0../s1. The number of fused-ring (bicyclic) bond motifs is 1. The minimum Gasteiger partial charge on any atom is -0.327 e. The lowest BCUT2D eigenvalue weighted by Crippen LogP contribution is -2.53. The van der Waals surface area contributed by atoms with Crippen molar-refractivity contribution in [3.8, 4) is 23.1 Å². The van der Waals surface area contributed by atoms with Gasteiger partial charge in [-0.2, -0.15) is 0 Å². The maximum Gasteiger partial charge on any atom is 0.265 e. The van der Waals surface area contributed by atoms with Crippen LogP contribution in [0, 0.1) is 11.8 Å². The van der Waals surface area contributed by atoms with Crippen LogP contribution in [0.25, 0.3) is 22.2 Å². The van der Waals surface area contributed by atoms with Gasteiger partial charge in [-0.25, -0.2) is 16.7 Å². The fraction of sp³-hybridized carbons (Fsp3) is 0.167. The van der Waals surface area contributed by atoms with E-state index in [1.807, 2.05) is 24.3 Å². The van der Waals surface area contributed by atoms with E-state index >= 15 is 0 Å². The first-order valence-electron chi connectivity index (χ1n) is 12.9. The zero-order valence-electron chi connectivity index (χ0n) is 22.7. The number of hydrogen-bond acceptors (Lipinski definition) is 7.